The molecular weight excluding hydrogens is 308 g/mol. The summed E-state index contributed by atoms with van der Waals surface area (Å²) in [6, 6.07) is 8.99. The molecule has 7 nitrogen and oxygen atoms in total. The number of ether oxygens (including phenoxy) is 1. The fraction of sp³-hybridized carbons (Fsp3) is 0.294. The number of nitrogens with one attached hydrogen (secondary N) is 1. The number of pyridine rings is 2. The monoisotopic (exact) mass is 326 g/mol. The van der Waals surface area contributed by atoms with Gasteiger partial charge in [-0.25, -0.2) is 4.98 Å². The Morgan fingerprint density at radius 1 is 1.29 bits per heavy atom. The highest BCUT2D eigenvalue weighted by molar-refractivity contribution is 5.97. The lowest BCUT2D eigenvalue weighted by molar-refractivity contribution is -0.128. The van der Waals surface area contributed by atoms with Crippen LogP contribution in [-0.4, -0.2) is 40.3 Å². The van der Waals surface area contributed by atoms with E-state index in [1.54, 1.807) is 29.4 Å². The second-order valence-corrected chi connectivity index (χ2v) is 5.55. The predicted molar refractivity (Wildman–Crippen MR) is 87.2 cm³/mol. The zero-order chi connectivity index (χ0) is 16.9. The van der Waals surface area contributed by atoms with E-state index in [1.807, 2.05) is 18.2 Å². The molecule has 0 spiro atoms. The molecule has 0 radical (unpaired) electrons. The van der Waals surface area contributed by atoms with Crippen LogP contribution in [0.1, 0.15) is 12.1 Å². The van der Waals surface area contributed by atoms with Crippen molar-refractivity contribution in [2.75, 3.05) is 19.0 Å². The molecule has 7 heteroatoms. The smallest absolute Gasteiger partial charge is 0.237 e. The average molecular weight is 326 g/mol. The number of methoxy groups -OCH3 is 1. The van der Waals surface area contributed by atoms with E-state index in [1.165, 1.54) is 7.11 Å². The van der Waals surface area contributed by atoms with Crippen molar-refractivity contribution in [2.45, 2.75) is 13.0 Å². The molecule has 24 heavy (non-hydrogen) atoms. The largest absolute Gasteiger partial charge is 0.480 e. The first kappa shape index (κ1) is 15.9. The molecule has 0 saturated carbocycles. The van der Waals surface area contributed by atoms with Crippen LogP contribution >= 0.6 is 0 Å². The maximum absolute atomic E-state index is 12.4. The van der Waals surface area contributed by atoms with Gasteiger partial charge in [0.15, 0.2) is 0 Å². The van der Waals surface area contributed by atoms with Gasteiger partial charge in [0.2, 0.25) is 17.7 Å². The Morgan fingerprint density at radius 2 is 2.12 bits per heavy atom. The lowest BCUT2D eigenvalue weighted by Crippen LogP contribution is -2.28. The van der Waals surface area contributed by atoms with Crippen LogP contribution in [0.3, 0.4) is 0 Å². The Balaban J connectivity index is 1.63. The van der Waals surface area contributed by atoms with Crippen molar-refractivity contribution < 1.29 is 14.3 Å². The van der Waals surface area contributed by atoms with Crippen LogP contribution in [0.2, 0.25) is 0 Å². The van der Waals surface area contributed by atoms with Crippen LogP contribution in [0.4, 0.5) is 5.69 Å². The van der Waals surface area contributed by atoms with Crippen LogP contribution in [0.15, 0.2) is 42.7 Å². The summed E-state index contributed by atoms with van der Waals surface area (Å²) in [5.41, 5.74) is 1.31. The number of aromatic nitrogens is 2. The van der Waals surface area contributed by atoms with Crippen LogP contribution in [0, 0.1) is 5.92 Å². The maximum Gasteiger partial charge on any atom is 0.237 e. The Morgan fingerprint density at radius 3 is 2.88 bits per heavy atom. The molecule has 1 saturated heterocycles. The Labute approximate surface area is 139 Å². The lowest BCUT2D eigenvalue weighted by atomic mass is 10.1. The van der Waals surface area contributed by atoms with Gasteiger partial charge in [-0.3, -0.25) is 14.6 Å². The second kappa shape index (κ2) is 7.08. The minimum atomic E-state index is -0.397. The van der Waals surface area contributed by atoms with Gasteiger partial charge in [0.1, 0.15) is 5.69 Å². The number of likely N-dealkylation sites (tertiary alicyclic amines) is 1. The van der Waals surface area contributed by atoms with Crippen molar-refractivity contribution in [1.82, 2.24) is 14.9 Å². The molecule has 0 bridgehead atoms. The highest BCUT2D eigenvalue weighted by Gasteiger charge is 2.34. The van der Waals surface area contributed by atoms with Crippen molar-refractivity contribution in [3.05, 3.63) is 48.4 Å². The molecule has 2 aromatic heterocycles. The van der Waals surface area contributed by atoms with Crippen molar-refractivity contribution in [3.8, 4) is 5.88 Å². The number of carbonyl (C=O) groups excluding carboxylic acids is 2. The number of nitrogens with zero attached hydrogens (tertiary/aromatic N) is 3. The first-order valence-electron chi connectivity index (χ1n) is 7.65. The van der Waals surface area contributed by atoms with Gasteiger partial charge in [-0.1, -0.05) is 6.07 Å². The molecule has 3 rings (SSSR count). The molecule has 2 amide bonds. The molecule has 1 aliphatic rings. The molecule has 1 N–H and O–H groups in total. The van der Waals surface area contributed by atoms with Gasteiger partial charge in [-0.05, 0) is 24.3 Å². The SMILES string of the molecule is COc1ncccc1NC(=O)[C@H]1CC(=O)N(Cc2ccccn2)C1. The van der Waals surface area contributed by atoms with E-state index in [0.717, 1.165) is 5.69 Å². The van der Waals surface area contributed by atoms with Gasteiger partial charge in [0.05, 0.1) is 25.3 Å². The molecule has 3 heterocycles. The van der Waals surface area contributed by atoms with Crippen LogP contribution in [-0.2, 0) is 16.1 Å². The Hall–Kier alpha value is -2.96. The van der Waals surface area contributed by atoms with Crippen molar-refractivity contribution in [3.63, 3.8) is 0 Å². The maximum atomic E-state index is 12.4. The molecule has 124 valence electrons. The first-order chi connectivity index (χ1) is 11.7. The fourth-order valence-electron chi connectivity index (χ4n) is 2.67. The lowest BCUT2D eigenvalue weighted by Gasteiger charge is -2.16. The normalized spacial score (nSPS) is 17.0. The van der Waals surface area contributed by atoms with E-state index in [9.17, 15) is 9.59 Å². The number of carbonyl (C=O) groups is 2. The van der Waals surface area contributed by atoms with Gasteiger partial charge in [-0.15, -0.1) is 0 Å². The molecule has 0 unspecified atom stereocenters. The number of amides is 2. The third kappa shape index (κ3) is 3.51. The van der Waals surface area contributed by atoms with Gasteiger partial charge < -0.3 is 15.0 Å². The van der Waals surface area contributed by atoms with Crippen LogP contribution < -0.4 is 10.1 Å². The molecule has 0 aromatic carbocycles. The number of hydrogen-bond donors (Lipinski definition) is 1. The summed E-state index contributed by atoms with van der Waals surface area (Å²) in [7, 11) is 1.49. The minimum absolute atomic E-state index is 0.0426. The Kier molecular flexibility index (Phi) is 4.69. The van der Waals surface area contributed by atoms with Gasteiger partial charge in [0, 0.05) is 25.4 Å². The summed E-state index contributed by atoms with van der Waals surface area (Å²) in [6.45, 7) is 0.795. The van der Waals surface area contributed by atoms with Crippen molar-refractivity contribution in [1.29, 1.82) is 0 Å². The first-order valence-corrected chi connectivity index (χ1v) is 7.65. The average Bonchev–Trinajstić information content (AvgIpc) is 2.97. The second-order valence-electron chi connectivity index (χ2n) is 5.55. The summed E-state index contributed by atoms with van der Waals surface area (Å²) in [6.07, 6.45) is 3.47. The Bertz CT molecular complexity index is 736. The molecule has 1 atom stereocenters. The topological polar surface area (TPSA) is 84.4 Å². The number of anilines is 1. The van der Waals surface area contributed by atoms with Crippen LogP contribution in [0.5, 0.6) is 5.88 Å². The van der Waals surface area contributed by atoms with E-state index in [4.69, 9.17) is 4.74 Å². The van der Waals surface area contributed by atoms with E-state index in [-0.39, 0.29) is 18.2 Å². The van der Waals surface area contributed by atoms with Gasteiger partial charge in [0.25, 0.3) is 0 Å². The predicted octanol–water partition coefficient (Wildman–Crippen LogP) is 1.47. The summed E-state index contributed by atoms with van der Waals surface area (Å²) >= 11 is 0. The summed E-state index contributed by atoms with van der Waals surface area (Å²) in [4.78, 5) is 34.5. The number of hydrogen-bond acceptors (Lipinski definition) is 5. The molecule has 1 aliphatic heterocycles. The fourth-order valence-corrected chi connectivity index (χ4v) is 2.67. The van der Waals surface area contributed by atoms with E-state index < -0.39 is 5.92 Å². The van der Waals surface area contributed by atoms with Crippen molar-refractivity contribution >= 4 is 17.5 Å². The zero-order valence-corrected chi connectivity index (χ0v) is 13.3. The van der Waals surface area contributed by atoms with Crippen molar-refractivity contribution in [2.24, 2.45) is 5.92 Å². The highest BCUT2D eigenvalue weighted by atomic mass is 16.5. The highest BCUT2D eigenvalue weighted by Crippen LogP contribution is 2.24. The summed E-state index contributed by atoms with van der Waals surface area (Å²) in [5.74, 6) is -0.302. The minimum Gasteiger partial charge on any atom is -0.480 e. The molecule has 1 fully saturated rings. The van der Waals surface area contributed by atoms with Gasteiger partial charge in [-0.2, -0.15) is 0 Å². The zero-order valence-electron chi connectivity index (χ0n) is 13.3. The quantitative estimate of drug-likeness (QED) is 0.899. The van der Waals surface area contributed by atoms with E-state index in [0.29, 0.717) is 24.7 Å². The standard InChI is InChI=1S/C17H18N4O3/c1-24-17-14(6-4-8-19-17)20-16(23)12-9-15(22)21(10-12)11-13-5-2-3-7-18-13/h2-8,12H,9-11H2,1H3,(H,20,23)/t12-/m0/s1. The van der Waals surface area contributed by atoms with Gasteiger partial charge >= 0.3 is 0 Å². The number of rotatable bonds is 5. The third-order valence-electron chi connectivity index (χ3n) is 3.89. The van der Waals surface area contributed by atoms with Crippen LogP contribution in [0.25, 0.3) is 0 Å². The van der Waals surface area contributed by atoms with E-state index in [2.05, 4.69) is 15.3 Å². The van der Waals surface area contributed by atoms with E-state index >= 15 is 0 Å². The molecule has 2 aromatic rings. The molecular formula is C17H18N4O3. The third-order valence-corrected chi connectivity index (χ3v) is 3.89. The summed E-state index contributed by atoms with van der Waals surface area (Å²) in [5, 5.41) is 2.79. The molecule has 0 aliphatic carbocycles. The summed E-state index contributed by atoms with van der Waals surface area (Å²) < 4.78 is 5.12.